The van der Waals surface area contributed by atoms with Crippen molar-refractivity contribution in [3.05, 3.63) is 59.7 Å². The Morgan fingerprint density at radius 2 is 1.62 bits per heavy atom. The largest absolute Gasteiger partial charge is 0.481 e. The second kappa shape index (κ2) is 6.83. The summed E-state index contributed by atoms with van der Waals surface area (Å²) in [6.07, 6.45) is 1.27. The van der Waals surface area contributed by atoms with Gasteiger partial charge in [0.2, 0.25) is 0 Å². The number of carbonyl (C=O) groups is 2. The lowest BCUT2D eigenvalue weighted by atomic mass is 9.77. The van der Waals surface area contributed by atoms with Crippen LogP contribution in [0.5, 0.6) is 0 Å². The molecule has 5 nitrogen and oxygen atoms in total. The lowest BCUT2D eigenvalue weighted by molar-refractivity contribution is -0.139. The van der Waals surface area contributed by atoms with Gasteiger partial charge in [-0.05, 0) is 41.0 Å². The van der Waals surface area contributed by atoms with Crippen molar-refractivity contribution in [2.75, 3.05) is 6.61 Å². The molecule has 1 amide bonds. The Morgan fingerprint density at radius 1 is 1.00 bits per heavy atom. The van der Waals surface area contributed by atoms with Crippen molar-refractivity contribution < 1.29 is 19.4 Å². The van der Waals surface area contributed by atoms with E-state index in [0.717, 1.165) is 12.8 Å². The van der Waals surface area contributed by atoms with Crippen molar-refractivity contribution in [1.82, 2.24) is 5.32 Å². The van der Waals surface area contributed by atoms with Gasteiger partial charge in [0.15, 0.2) is 0 Å². The summed E-state index contributed by atoms with van der Waals surface area (Å²) < 4.78 is 5.50. The summed E-state index contributed by atoms with van der Waals surface area (Å²) in [6, 6.07) is 16.3. The number of carbonyl (C=O) groups excluding carboxylic acids is 1. The predicted molar refractivity (Wildman–Crippen MR) is 97.0 cm³/mol. The van der Waals surface area contributed by atoms with E-state index in [4.69, 9.17) is 9.84 Å². The van der Waals surface area contributed by atoms with Gasteiger partial charge in [-0.2, -0.15) is 0 Å². The molecule has 0 spiro atoms. The molecule has 0 saturated heterocycles. The number of fused-ring (bicyclic) bond motifs is 3. The summed E-state index contributed by atoms with van der Waals surface area (Å²) in [5, 5.41) is 11.7. The van der Waals surface area contributed by atoms with Crippen LogP contribution in [0.1, 0.15) is 36.3 Å². The second-order valence-electron chi connectivity index (χ2n) is 7.01. The molecule has 2 aromatic rings. The third kappa shape index (κ3) is 3.05. The van der Waals surface area contributed by atoms with Crippen LogP contribution in [0.15, 0.2) is 48.5 Å². The summed E-state index contributed by atoms with van der Waals surface area (Å²) in [7, 11) is 0. The van der Waals surface area contributed by atoms with Gasteiger partial charge in [0.1, 0.15) is 6.61 Å². The topological polar surface area (TPSA) is 75.6 Å². The molecule has 1 fully saturated rings. The Balaban J connectivity index is 1.40. The first kappa shape index (κ1) is 16.6. The SMILES string of the molecule is O=C(O)C[C@@H]1CC[C@@H]1NC(=O)OCC1c2ccccc2-c2ccccc21. The van der Waals surface area contributed by atoms with Gasteiger partial charge >= 0.3 is 12.1 Å². The minimum absolute atomic E-state index is 0.00739. The third-order valence-corrected chi connectivity index (χ3v) is 5.50. The van der Waals surface area contributed by atoms with E-state index in [1.54, 1.807) is 0 Å². The number of hydrogen-bond acceptors (Lipinski definition) is 3. The molecule has 0 unspecified atom stereocenters. The molecule has 5 heteroatoms. The highest BCUT2D eigenvalue weighted by Gasteiger charge is 2.34. The first-order chi connectivity index (χ1) is 12.6. The highest BCUT2D eigenvalue weighted by Crippen LogP contribution is 2.44. The molecular formula is C21H21NO4. The number of aliphatic carboxylic acids is 1. The lowest BCUT2D eigenvalue weighted by Crippen LogP contribution is -2.47. The Bertz CT molecular complexity index is 802. The van der Waals surface area contributed by atoms with Gasteiger partial charge in [-0.25, -0.2) is 4.79 Å². The number of alkyl carbamates (subject to hydrolysis) is 1. The van der Waals surface area contributed by atoms with Gasteiger partial charge in [-0.3, -0.25) is 4.79 Å². The fourth-order valence-electron chi connectivity index (χ4n) is 4.02. The van der Waals surface area contributed by atoms with Gasteiger partial charge in [0, 0.05) is 12.0 Å². The molecule has 0 aliphatic heterocycles. The summed E-state index contributed by atoms with van der Waals surface area (Å²) in [6.45, 7) is 0.274. The molecule has 1 saturated carbocycles. The summed E-state index contributed by atoms with van der Waals surface area (Å²) in [4.78, 5) is 23.0. The molecule has 2 atom stereocenters. The van der Waals surface area contributed by atoms with Crippen LogP contribution in [0.3, 0.4) is 0 Å². The molecule has 26 heavy (non-hydrogen) atoms. The van der Waals surface area contributed by atoms with Gasteiger partial charge in [0.05, 0.1) is 6.42 Å². The molecule has 2 aliphatic carbocycles. The lowest BCUT2D eigenvalue weighted by Gasteiger charge is -2.35. The van der Waals surface area contributed by atoms with Crippen LogP contribution in [0.2, 0.25) is 0 Å². The predicted octanol–water partition coefficient (Wildman–Crippen LogP) is 3.78. The van der Waals surface area contributed by atoms with Crippen LogP contribution in [0.4, 0.5) is 4.79 Å². The van der Waals surface area contributed by atoms with Crippen molar-refractivity contribution in [3.8, 4) is 11.1 Å². The average molecular weight is 351 g/mol. The number of ether oxygens (including phenoxy) is 1. The Labute approximate surface area is 152 Å². The van der Waals surface area contributed by atoms with Crippen molar-refractivity contribution >= 4 is 12.1 Å². The first-order valence-corrected chi connectivity index (χ1v) is 8.97. The Morgan fingerprint density at radius 3 is 2.15 bits per heavy atom. The van der Waals surface area contributed by atoms with E-state index in [9.17, 15) is 9.59 Å². The second-order valence-corrected chi connectivity index (χ2v) is 7.01. The fraction of sp³-hybridized carbons (Fsp3) is 0.333. The van der Waals surface area contributed by atoms with Gasteiger partial charge in [-0.15, -0.1) is 0 Å². The number of benzene rings is 2. The van der Waals surface area contributed by atoms with Gasteiger partial charge in [0.25, 0.3) is 0 Å². The number of carboxylic acids is 1. The zero-order chi connectivity index (χ0) is 18.1. The van der Waals surface area contributed by atoms with E-state index in [0.29, 0.717) is 0 Å². The molecule has 0 aromatic heterocycles. The molecule has 2 aromatic carbocycles. The number of rotatable bonds is 5. The highest BCUT2D eigenvalue weighted by molar-refractivity contribution is 5.79. The van der Waals surface area contributed by atoms with E-state index in [1.165, 1.54) is 22.3 Å². The van der Waals surface area contributed by atoms with E-state index in [1.807, 2.05) is 24.3 Å². The van der Waals surface area contributed by atoms with Crippen LogP contribution in [0, 0.1) is 5.92 Å². The van der Waals surface area contributed by atoms with Gasteiger partial charge < -0.3 is 15.2 Å². The molecular weight excluding hydrogens is 330 g/mol. The highest BCUT2D eigenvalue weighted by atomic mass is 16.5. The Kier molecular flexibility index (Phi) is 4.37. The number of nitrogens with one attached hydrogen (secondary N) is 1. The summed E-state index contributed by atoms with van der Waals surface area (Å²) in [5.74, 6) is -0.786. The molecule has 0 heterocycles. The maximum atomic E-state index is 12.2. The zero-order valence-electron chi connectivity index (χ0n) is 14.4. The van der Waals surface area contributed by atoms with Crippen LogP contribution < -0.4 is 5.32 Å². The van der Waals surface area contributed by atoms with E-state index < -0.39 is 12.1 Å². The van der Waals surface area contributed by atoms with Crippen molar-refractivity contribution in [3.63, 3.8) is 0 Å². The average Bonchev–Trinajstić information content (AvgIpc) is 2.96. The zero-order valence-corrected chi connectivity index (χ0v) is 14.4. The van der Waals surface area contributed by atoms with Crippen molar-refractivity contribution in [2.45, 2.75) is 31.2 Å². The number of carboxylic acid groups (broad SMARTS) is 1. The maximum Gasteiger partial charge on any atom is 0.407 e. The molecule has 0 radical (unpaired) electrons. The first-order valence-electron chi connectivity index (χ1n) is 8.97. The van der Waals surface area contributed by atoms with E-state index >= 15 is 0 Å². The van der Waals surface area contributed by atoms with E-state index in [-0.39, 0.29) is 30.9 Å². The van der Waals surface area contributed by atoms with E-state index in [2.05, 4.69) is 29.6 Å². The summed E-state index contributed by atoms with van der Waals surface area (Å²) >= 11 is 0. The minimum Gasteiger partial charge on any atom is -0.481 e. The minimum atomic E-state index is -0.825. The Hall–Kier alpha value is -2.82. The molecule has 4 rings (SSSR count). The maximum absolute atomic E-state index is 12.2. The molecule has 2 N–H and O–H groups in total. The molecule has 0 bridgehead atoms. The monoisotopic (exact) mass is 351 g/mol. The fourth-order valence-corrected chi connectivity index (χ4v) is 4.02. The molecule has 134 valence electrons. The summed E-state index contributed by atoms with van der Waals surface area (Å²) in [5.41, 5.74) is 4.73. The van der Waals surface area contributed by atoms with Crippen LogP contribution in [0.25, 0.3) is 11.1 Å². The third-order valence-electron chi connectivity index (χ3n) is 5.50. The van der Waals surface area contributed by atoms with Crippen molar-refractivity contribution in [1.29, 1.82) is 0 Å². The smallest absolute Gasteiger partial charge is 0.407 e. The molecule has 2 aliphatic rings. The van der Waals surface area contributed by atoms with Crippen LogP contribution >= 0.6 is 0 Å². The quantitative estimate of drug-likeness (QED) is 0.860. The number of amides is 1. The normalized spacial score (nSPS) is 20.6. The van der Waals surface area contributed by atoms with Crippen LogP contribution in [-0.2, 0) is 9.53 Å². The van der Waals surface area contributed by atoms with Crippen LogP contribution in [-0.4, -0.2) is 29.8 Å². The van der Waals surface area contributed by atoms with Crippen molar-refractivity contribution in [2.24, 2.45) is 5.92 Å². The standard InChI is InChI=1S/C21H21NO4/c23-20(24)11-13-9-10-19(13)22-21(25)26-12-18-16-7-3-1-5-14(16)15-6-2-4-8-17(15)18/h1-8,13,18-19H,9-12H2,(H,22,25)(H,23,24)/t13-,19-/m0/s1. The van der Waals surface area contributed by atoms with Gasteiger partial charge in [-0.1, -0.05) is 48.5 Å². The number of hydrogen-bond donors (Lipinski definition) is 2.